The lowest BCUT2D eigenvalue weighted by molar-refractivity contribution is -0.0859. The number of aliphatic hydroxyl groups excluding tert-OH is 1. The SMILES string of the molecule is CC1CN(C(=O)c2ncccc2C#CCN)CC(CO)O1. The lowest BCUT2D eigenvalue weighted by atomic mass is 10.1. The number of rotatable bonds is 2. The van der Waals surface area contributed by atoms with Gasteiger partial charge in [-0.15, -0.1) is 0 Å². The van der Waals surface area contributed by atoms with Crippen LogP contribution in [0.2, 0.25) is 0 Å². The third-order valence-corrected chi connectivity index (χ3v) is 3.15. The molecular weight excluding hydrogens is 270 g/mol. The molecule has 0 radical (unpaired) electrons. The summed E-state index contributed by atoms with van der Waals surface area (Å²) in [4.78, 5) is 18.4. The lowest BCUT2D eigenvalue weighted by Crippen LogP contribution is -2.50. The second kappa shape index (κ2) is 7.18. The smallest absolute Gasteiger partial charge is 0.273 e. The Morgan fingerprint density at radius 1 is 1.62 bits per heavy atom. The number of carbonyl (C=O) groups is 1. The van der Waals surface area contributed by atoms with E-state index in [4.69, 9.17) is 10.5 Å². The molecule has 0 spiro atoms. The van der Waals surface area contributed by atoms with E-state index < -0.39 is 0 Å². The van der Waals surface area contributed by atoms with Gasteiger partial charge in [0.25, 0.3) is 5.91 Å². The summed E-state index contributed by atoms with van der Waals surface area (Å²) in [7, 11) is 0. The normalized spacial score (nSPS) is 21.6. The molecule has 0 aromatic carbocycles. The molecule has 2 rings (SSSR count). The average molecular weight is 289 g/mol. The minimum Gasteiger partial charge on any atom is -0.394 e. The number of amides is 1. The van der Waals surface area contributed by atoms with Gasteiger partial charge in [0.2, 0.25) is 0 Å². The number of hydrogen-bond donors (Lipinski definition) is 2. The highest BCUT2D eigenvalue weighted by Crippen LogP contribution is 2.15. The molecule has 3 N–H and O–H groups in total. The van der Waals surface area contributed by atoms with Crippen molar-refractivity contribution in [3.05, 3.63) is 29.6 Å². The Balaban J connectivity index is 2.23. The van der Waals surface area contributed by atoms with Crippen LogP contribution in [0.15, 0.2) is 18.3 Å². The largest absolute Gasteiger partial charge is 0.394 e. The van der Waals surface area contributed by atoms with Gasteiger partial charge in [0.15, 0.2) is 0 Å². The first kappa shape index (κ1) is 15.4. The first-order chi connectivity index (χ1) is 10.2. The molecule has 2 heterocycles. The molecule has 0 bridgehead atoms. The Morgan fingerprint density at radius 3 is 3.14 bits per heavy atom. The second-order valence-electron chi connectivity index (χ2n) is 4.87. The molecule has 0 aliphatic carbocycles. The predicted octanol–water partition coefficient (Wildman–Crippen LogP) is -0.386. The van der Waals surface area contributed by atoms with Crippen LogP contribution < -0.4 is 5.73 Å². The molecule has 1 fully saturated rings. The molecule has 1 aliphatic rings. The summed E-state index contributed by atoms with van der Waals surface area (Å²) < 4.78 is 5.54. The van der Waals surface area contributed by atoms with Crippen molar-refractivity contribution >= 4 is 5.91 Å². The van der Waals surface area contributed by atoms with Crippen molar-refractivity contribution in [2.75, 3.05) is 26.2 Å². The van der Waals surface area contributed by atoms with E-state index in [0.717, 1.165) is 0 Å². The molecule has 0 saturated carbocycles. The third-order valence-electron chi connectivity index (χ3n) is 3.15. The molecule has 2 atom stereocenters. The minimum atomic E-state index is -0.361. The maximum atomic E-state index is 12.6. The van der Waals surface area contributed by atoms with E-state index in [2.05, 4.69) is 16.8 Å². The number of ether oxygens (including phenoxy) is 1. The minimum absolute atomic E-state index is 0.115. The van der Waals surface area contributed by atoms with E-state index in [1.165, 1.54) is 0 Å². The molecule has 1 aliphatic heterocycles. The molecule has 1 amide bonds. The van der Waals surface area contributed by atoms with Crippen LogP contribution in [0.3, 0.4) is 0 Å². The van der Waals surface area contributed by atoms with Crippen LogP contribution >= 0.6 is 0 Å². The fraction of sp³-hybridized carbons (Fsp3) is 0.467. The van der Waals surface area contributed by atoms with Gasteiger partial charge in [0.05, 0.1) is 30.9 Å². The molecule has 6 nitrogen and oxygen atoms in total. The average Bonchev–Trinajstić information content (AvgIpc) is 2.51. The van der Waals surface area contributed by atoms with Crippen LogP contribution in [0.5, 0.6) is 0 Å². The van der Waals surface area contributed by atoms with E-state index >= 15 is 0 Å². The zero-order valence-electron chi connectivity index (χ0n) is 12.0. The molecule has 21 heavy (non-hydrogen) atoms. The lowest BCUT2D eigenvalue weighted by Gasteiger charge is -2.36. The summed E-state index contributed by atoms with van der Waals surface area (Å²) in [6, 6.07) is 3.48. The van der Waals surface area contributed by atoms with Gasteiger partial charge >= 0.3 is 0 Å². The Kier molecular flexibility index (Phi) is 5.28. The van der Waals surface area contributed by atoms with Gasteiger partial charge in [0.1, 0.15) is 5.69 Å². The molecule has 1 aromatic rings. The van der Waals surface area contributed by atoms with Gasteiger partial charge in [-0.1, -0.05) is 11.8 Å². The van der Waals surface area contributed by atoms with Gasteiger partial charge in [0, 0.05) is 19.3 Å². The fourth-order valence-electron chi connectivity index (χ4n) is 2.28. The Morgan fingerprint density at radius 2 is 2.43 bits per heavy atom. The van der Waals surface area contributed by atoms with Gasteiger partial charge < -0.3 is 20.5 Å². The quantitative estimate of drug-likeness (QED) is 0.724. The number of nitrogens with two attached hydrogens (primary N) is 1. The molecule has 6 heteroatoms. The zero-order valence-corrected chi connectivity index (χ0v) is 12.0. The molecule has 1 aromatic heterocycles. The van der Waals surface area contributed by atoms with Gasteiger partial charge in [-0.25, -0.2) is 4.98 Å². The first-order valence-corrected chi connectivity index (χ1v) is 6.85. The van der Waals surface area contributed by atoms with Crippen molar-refractivity contribution in [2.45, 2.75) is 19.1 Å². The standard InChI is InChI=1S/C15H19N3O3/c1-11-8-18(9-13(10-19)21-11)15(20)14-12(4-2-6-16)5-3-7-17-14/h3,5,7,11,13,19H,6,8-10,16H2,1H3. The van der Waals surface area contributed by atoms with Crippen LogP contribution in [0, 0.1) is 11.8 Å². The monoisotopic (exact) mass is 289 g/mol. The van der Waals surface area contributed by atoms with Crippen molar-refractivity contribution in [2.24, 2.45) is 5.73 Å². The van der Waals surface area contributed by atoms with Crippen LogP contribution in [0.25, 0.3) is 0 Å². The number of morpholine rings is 1. The molecule has 112 valence electrons. The summed E-state index contributed by atoms with van der Waals surface area (Å²) >= 11 is 0. The highest BCUT2D eigenvalue weighted by atomic mass is 16.5. The van der Waals surface area contributed by atoms with Crippen molar-refractivity contribution in [3.63, 3.8) is 0 Å². The third kappa shape index (κ3) is 3.79. The molecule has 1 saturated heterocycles. The van der Waals surface area contributed by atoms with Crippen molar-refractivity contribution in [1.29, 1.82) is 0 Å². The van der Waals surface area contributed by atoms with Gasteiger partial charge in [-0.3, -0.25) is 4.79 Å². The number of aromatic nitrogens is 1. The number of carbonyl (C=O) groups excluding carboxylic acids is 1. The number of aliphatic hydroxyl groups is 1. The summed E-state index contributed by atoms with van der Waals surface area (Å²) in [6.07, 6.45) is 1.08. The first-order valence-electron chi connectivity index (χ1n) is 6.85. The van der Waals surface area contributed by atoms with Crippen LogP contribution in [-0.2, 0) is 4.74 Å². The summed E-state index contributed by atoms with van der Waals surface area (Å²) in [5.74, 6) is 5.39. The van der Waals surface area contributed by atoms with Crippen LogP contribution in [-0.4, -0.2) is 59.3 Å². The van der Waals surface area contributed by atoms with E-state index in [9.17, 15) is 9.90 Å². The topological polar surface area (TPSA) is 88.7 Å². The second-order valence-corrected chi connectivity index (χ2v) is 4.87. The van der Waals surface area contributed by atoms with E-state index in [-0.39, 0.29) is 31.3 Å². The summed E-state index contributed by atoms with van der Waals surface area (Å²) in [6.45, 7) is 2.80. The van der Waals surface area contributed by atoms with E-state index in [0.29, 0.717) is 24.3 Å². The maximum Gasteiger partial charge on any atom is 0.273 e. The van der Waals surface area contributed by atoms with Crippen molar-refractivity contribution in [1.82, 2.24) is 9.88 Å². The Bertz CT molecular complexity index is 565. The van der Waals surface area contributed by atoms with Crippen molar-refractivity contribution in [3.8, 4) is 11.8 Å². The predicted molar refractivity (Wildman–Crippen MR) is 77.5 cm³/mol. The Hall–Kier alpha value is -1.94. The van der Waals surface area contributed by atoms with E-state index in [1.54, 1.807) is 23.2 Å². The number of nitrogens with zero attached hydrogens (tertiary/aromatic N) is 2. The fourth-order valence-corrected chi connectivity index (χ4v) is 2.28. The highest BCUT2D eigenvalue weighted by molar-refractivity contribution is 5.94. The highest BCUT2D eigenvalue weighted by Gasteiger charge is 2.29. The van der Waals surface area contributed by atoms with Gasteiger partial charge in [-0.2, -0.15) is 0 Å². The molecule has 2 unspecified atom stereocenters. The van der Waals surface area contributed by atoms with Crippen molar-refractivity contribution < 1.29 is 14.6 Å². The van der Waals surface area contributed by atoms with Gasteiger partial charge in [-0.05, 0) is 19.1 Å². The number of hydrogen-bond acceptors (Lipinski definition) is 5. The summed E-state index contributed by atoms with van der Waals surface area (Å²) in [5, 5.41) is 9.23. The molecular formula is C15H19N3O3. The van der Waals surface area contributed by atoms with Crippen LogP contribution in [0.1, 0.15) is 23.0 Å². The zero-order chi connectivity index (χ0) is 15.2. The number of pyridine rings is 1. The Labute approximate surface area is 123 Å². The maximum absolute atomic E-state index is 12.6. The summed E-state index contributed by atoms with van der Waals surface area (Å²) in [5.41, 5.74) is 6.24. The van der Waals surface area contributed by atoms with E-state index in [1.807, 2.05) is 6.92 Å². The van der Waals surface area contributed by atoms with Crippen LogP contribution in [0.4, 0.5) is 0 Å².